The lowest BCUT2D eigenvalue weighted by atomic mass is 10.2. The van der Waals surface area contributed by atoms with Gasteiger partial charge >= 0.3 is 5.97 Å². The Labute approximate surface area is 110 Å². The smallest absolute Gasteiger partial charge is 0.313 e. The van der Waals surface area contributed by atoms with Crippen molar-refractivity contribution < 1.29 is 22.7 Å². The maximum Gasteiger partial charge on any atom is 0.313 e. The summed E-state index contributed by atoms with van der Waals surface area (Å²) >= 11 is 0. The van der Waals surface area contributed by atoms with Crippen LogP contribution in [0, 0.1) is 0 Å². The fraction of sp³-hybridized carbons (Fsp3) is 0.545. The number of methoxy groups -OCH3 is 1. The van der Waals surface area contributed by atoms with Crippen LogP contribution in [0.3, 0.4) is 0 Å². The summed E-state index contributed by atoms with van der Waals surface area (Å²) in [5.41, 5.74) is -0.00845. The molecule has 8 heteroatoms. The van der Waals surface area contributed by atoms with Crippen LogP contribution >= 0.6 is 0 Å². The van der Waals surface area contributed by atoms with Gasteiger partial charge < -0.3 is 4.74 Å². The summed E-state index contributed by atoms with van der Waals surface area (Å²) in [6, 6.07) is 1.24. The van der Waals surface area contributed by atoms with E-state index in [2.05, 4.69) is 9.84 Å². The van der Waals surface area contributed by atoms with Crippen LogP contribution in [0.2, 0.25) is 0 Å². The van der Waals surface area contributed by atoms with Crippen LogP contribution in [-0.2, 0) is 25.9 Å². The highest BCUT2D eigenvalue weighted by Crippen LogP contribution is 2.20. The van der Waals surface area contributed by atoms with Gasteiger partial charge in [0.05, 0.1) is 12.9 Å². The SMILES string of the molecule is COC(=O)CC(=O)c1cc2n(n1)CCCCS2(=O)=O. The number of aromatic nitrogens is 2. The molecule has 0 N–H and O–H groups in total. The molecular weight excluding hydrogens is 272 g/mol. The summed E-state index contributed by atoms with van der Waals surface area (Å²) in [7, 11) is -2.21. The molecule has 0 fully saturated rings. The Morgan fingerprint density at radius 2 is 2.16 bits per heavy atom. The zero-order chi connectivity index (χ0) is 14.0. The minimum atomic E-state index is -3.39. The number of fused-ring (bicyclic) bond motifs is 1. The van der Waals surface area contributed by atoms with Gasteiger partial charge in [0.15, 0.2) is 20.6 Å². The summed E-state index contributed by atoms with van der Waals surface area (Å²) in [6.07, 6.45) is 0.836. The van der Waals surface area contributed by atoms with Crippen molar-refractivity contribution in [3.8, 4) is 0 Å². The number of Topliss-reactive ketones (excluding diaryl/α,β-unsaturated/α-hetero) is 1. The minimum absolute atomic E-state index is 0.00845. The maximum atomic E-state index is 11.9. The van der Waals surface area contributed by atoms with Crippen molar-refractivity contribution in [3.63, 3.8) is 0 Å². The van der Waals surface area contributed by atoms with E-state index in [1.165, 1.54) is 17.9 Å². The Balaban J connectivity index is 2.32. The first kappa shape index (κ1) is 13.7. The third kappa shape index (κ3) is 2.83. The highest BCUT2D eigenvalue weighted by molar-refractivity contribution is 7.91. The average Bonchev–Trinajstić information content (AvgIpc) is 2.74. The number of hydrogen-bond donors (Lipinski definition) is 0. The Hall–Kier alpha value is -1.70. The molecule has 1 aromatic rings. The first-order chi connectivity index (χ1) is 8.94. The van der Waals surface area contributed by atoms with Gasteiger partial charge in [-0.15, -0.1) is 0 Å². The van der Waals surface area contributed by atoms with E-state index in [0.717, 1.165) is 0 Å². The van der Waals surface area contributed by atoms with Crippen LogP contribution in [0.25, 0.3) is 0 Å². The molecular formula is C11H14N2O5S. The number of carbonyl (C=O) groups excluding carboxylic acids is 2. The zero-order valence-corrected chi connectivity index (χ0v) is 11.3. The molecule has 0 aliphatic carbocycles. The molecule has 104 valence electrons. The van der Waals surface area contributed by atoms with Gasteiger partial charge in [0.1, 0.15) is 12.1 Å². The van der Waals surface area contributed by atoms with Crippen LogP contribution < -0.4 is 0 Å². The van der Waals surface area contributed by atoms with Gasteiger partial charge in [0.2, 0.25) is 0 Å². The highest BCUT2D eigenvalue weighted by Gasteiger charge is 2.26. The van der Waals surface area contributed by atoms with Crippen LogP contribution in [0.1, 0.15) is 29.8 Å². The number of rotatable bonds is 3. The third-order valence-corrected chi connectivity index (χ3v) is 4.70. The van der Waals surface area contributed by atoms with E-state index in [-0.39, 0.29) is 16.5 Å². The summed E-state index contributed by atoms with van der Waals surface area (Å²) in [4.78, 5) is 22.8. The molecule has 2 rings (SSSR count). The summed E-state index contributed by atoms with van der Waals surface area (Å²) in [5, 5.41) is 4.03. The van der Waals surface area contributed by atoms with Crippen LogP contribution in [-0.4, -0.2) is 42.8 Å². The molecule has 0 saturated carbocycles. The zero-order valence-electron chi connectivity index (χ0n) is 10.5. The molecule has 0 atom stereocenters. The Morgan fingerprint density at radius 3 is 2.84 bits per heavy atom. The number of hydrogen-bond acceptors (Lipinski definition) is 6. The van der Waals surface area contributed by atoms with E-state index in [1.807, 2.05) is 0 Å². The lowest BCUT2D eigenvalue weighted by Gasteiger charge is -2.00. The summed E-state index contributed by atoms with van der Waals surface area (Å²) in [5.74, 6) is -1.15. The highest BCUT2D eigenvalue weighted by atomic mass is 32.2. The van der Waals surface area contributed by atoms with Gasteiger partial charge in [-0.3, -0.25) is 14.3 Å². The molecule has 0 aromatic carbocycles. The number of nitrogens with zero attached hydrogens (tertiary/aromatic N) is 2. The van der Waals surface area contributed by atoms with Crippen LogP contribution in [0.5, 0.6) is 0 Å². The van der Waals surface area contributed by atoms with E-state index in [0.29, 0.717) is 19.4 Å². The molecule has 0 radical (unpaired) electrons. The lowest BCUT2D eigenvalue weighted by Crippen LogP contribution is -2.11. The van der Waals surface area contributed by atoms with Crippen molar-refractivity contribution in [2.75, 3.05) is 12.9 Å². The van der Waals surface area contributed by atoms with Gasteiger partial charge in [-0.2, -0.15) is 5.10 Å². The standard InChI is InChI=1S/C11H14N2O5S/c1-18-11(15)7-9(14)8-6-10-13(12-8)4-2-3-5-19(10,16)17/h6H,2-5,7H2,1H3. The lowest BCUT2D eigenvalue weighted by molar-refractivity contribution is -0.139. The number of ether oxygens (including phenoxy) is 1. The minimum Gasteiger partial charge on any atom is -0.469 e. The number of ketones is 1. The molecule has 1 aliphatic rings. The van der Waals surface area contributed by atoms with Gasteiger partial charge in [-0.25, -0.2) is 8.42 Å². The Bertz CT molecular complexity index is 617. The first-order valence-electron chi connectivity index (χ1n) is 5.84. The van der Waals surface area contributed by atoms with E-state index in [1.54, 1.807) is 0 Å². The van der Waals surface area contributed by atoms with Crippen molar-refractivity contribution in [1.29, 1.82) is 0 Å². The topological polar surface area (TPSA) is 95.3 Å². The molecule has 1 aromatic heterocycles. The molecule has 0 unspecified atom stereocenters. The predicted octanol–water partition coefficient (Wildman–Crippen LogP) is 0.196. The molecule has 0 saturated heterocycles. The van der Waals surface area contributed by atoms with Crippen molar-refractivity contribution in [2.45, 2.75) is 30.8 Å². The average molecular weight is 286 g/mol. The quantitative estimate of drug-likeness (QED) is 0.447. The number of carbonyl (C=O) groups is 2. The van der Waals surface area contributed by atoms with E-state index in [9.17, 15) is 18.0 Å². The van der Waals surface area contributed by atoms with Crippen molar-refractivity contribution in [3.05, 3.63) is 11.8 Å². The fourth-order valence-corrected chi connectivity index (χ4v) is 3.44. The van der Waals surface area contributed by atoms with Crippen LogP contribution in [0.15, 0.2) is 11.1 Å². The number of esters is 1. The maximum absolute atomic E-state index is 11.9. The molecule has 2 heterocycles. The molecule has 0 amide bonds. The number of aryl methyl sites for hydroxylation is 1. The third-order valence-electron chi connectivity index (χ3n) is 2.91. The Kier molecular flexibility index (Phi) is 3.70. The fourth-order valence-electron chi connectivity index (χ4n) is 1.90. The monoisotopic (exact) mass is 286 g/mol. The molecule has 7 nitrogen and oxygen atoms in total. The van der Waals surface area contributed by atoms with Crippen molar-refractivity contribution in [1.82, 2.24) is 9.78 Å². The first-order valence-corrected chi connectivity index (χ1v) is 7.50. The second-order valence-corrected chi connectivity index (χ2v) is 6.35. The van der Waals surface area contributed by atoms with Crippen molar-refractivity contribution >= 4 is 21.6 Å². The van der Waals surface area contributed by atoms with Gasteiger partial charge in [0, 0.05) is 12.6 Å². The van der Waals surface area contributed by atoms with Gasteiger partial charge in [-0.05, 0) is 12.8 Å². The number of sulfone groups is 1. The molecule has 0 bridgehead atoms. The van der Waals surface area contributed by atoms with E-state index >= 15 is 0 Å². The summed E-state index contributed by atoms with van der Waals surface area (Å²) in [6.45, 7) is 0.458. The van der Waals surface area contributed by atoms with Crippen molar-refractivity contribution in [2.24, 2.45) is 0 Å². The Morgan fingerprint density at radius 1 is 1.42 bits per heavy atom. The van der Waals surface area contributed by atoms with Gasteiger partial charge in [-0.1, -0.05) is 0 Å². The van der Waals surface area contributed by atoms with E-state index < -0.39 is 28.0 Å². The summed E-state index contributed by atoms with van der Waals surface area (Å²) < 4.78 is 29.6. The largest absolute Gasteiger partial charge is 0.469 e. The normalized spacial score (nSPS) is 17.3. The van der Waals surface area contributed by atoms with Crippen LogP contribution in [0.4, 0.5) is 0 Å². The van der Waals surface area contributed by atoms with E-state index in [4.69, 9.17) is 0 Å². The second kappa shape index (κ2) is 5.12. The second-order valence-electron chi connectivity index (χ2n) is 4.29. The molecule has 19 heavy (non-hydrogen) atoms. The molecule has 0 spiro atoms. The van der Waals surface area contributed by atoms with Gasteiger partial charge in [0.25, 0.3) is 0 Å². The molecule has 1 aliphatic heterocycles. The predicted molar refractivity (Wildman–Crippen MR) is 64.5 cm³/mol.